The average Bonchev–Trinajstić information content (AvgIpc) is 2.99. The van der Waals surface area contributed by atoms with Crippen molar-refractivity contribution in [2.24, 2.45) is 0 Å². The number of anilines is 1. The standard InChI is InChI=1S/C15H16F3N3O5S/c1-3-25-13(22)14(15(16,17)18,19-12-9-10(2)26-20-12)21-27(23,24)11-7-5-4-6-8-11/h4-9,21H,3H2,1-2H3,(H,19,20)/t14-/m1/s1. The SMILES string of the molecule is CCOC(=O)[C@@](Nc1cc(C)on1)(NS(=O)(=O)c1ccccc1)C(F)(F)F. The Kier molecular flexibility index (Phi) is 5.80. The van der Waals surface area contributed by atoms with Gasteiger partial charge in [-0.1, -0.05) is 23.4 Å². The molecule has 0 aliphatic carbocycles. The van der Waals surface area contributed by atoms with Crippen LogP contribution < -0.4 is 10.0 Å². The number of esters is 1. The first kappa shape index (κ1) is 20.7. The summed E-state index contributed by atoms with van der Waals surface area (Å²) in [6.45, 7) is 2.28. The average molecular weight is 407 g/mol. The molecule has 0 aliphatic rings. The van der Waals surface area contributed by atoms with E-state index in [1.54, 1.807) is 5.32 Å². The number of hydrogen-bond acceptors (Lipinski definition) is 7. The third-order valence-corrected chi connectivity index (χ3v) is 4.76. The summed E-state index contributed by atoms with van der Waals surface area (Å²) in [4.78, 5) is 11.8. The van der Waals surface area contributed by atoms with Crippen molar-refractivity contribution in [3.63, 3.8) is 0 Å². The molecule has 12 heteroatoms. The van der Waals surface area contributed by atoms with E-state index >= 15 is 0 Å². The highest BCUT2D eigenvalue weighted by Crippen LogP contribution is 2.34. The number of aromatic nitrogens is 1. The molecule has 8 nitrogen and oxygen atoms in total. The Hall–Kier alpha value is -2.60. The van der Waals surface area contributed by atoms with Gasteiger partial charge in [0.15, 0.2) is 5.82 Å². The number of ether oxygens (including phenoxy) is 1. The van der Waals surface area contributed by atoms with Crippen LogP contribution in [0.4, 0.5) is 19.0 Å². The fourth-order valence-corrected chi connectivity index (χ4v) is 3.37. The molecule has 2 aromatic rings. The molecule has 148 valence electrons. The van der Waals surface area contributed by atoms with E-state index in [1.807, 2.05) is 0 Å². The van der Waals surface area contributed by atoms with Crippen LogP contribution >= 0.6 is 0 Å². The number of alkyl halides is 3. The van der Waals surface area contributed by atoms with Crippen molar-refractivity contribution in [3.05, 3.63) is 42.2 Å². The van der Waals surface area contributed by atoms with Gasteiger partial charge in [-0.15, -0.1) is 0 Å². The Morgan fingerprint density at radius 1 is 1.26 bits per heavy atom. The van der Waals surface area contributed by atoms with Crippen molar-refractivity contribution in [2.45, 2.75) is 30.6 Å². The van der Waals surface area contributed by atoms with E-state index in [0.717, 1.165) is 18.2 Å². The summed E-state index contributed by atoms with van der Waals surface area (Å²) in [6, 6.07) is 7.35. The fourth-order valence-electron chi connectivity index (χ4n) is 2.08. The summed E-state index contributed by atoms with van der Waals surface area (Å²) in [5.41, 5.74) is -3.82. The molecule has 0 radical (unpaired) electrons. The van der Waals surface area contributed by atoms with Gasteiger partial charge in [0.25, 0.3) is 5.66 Å². The number of sulfonamides is 1. The molecule has 1 atom stereocenters. The Bertz CT molecular complexity index is 899. The number of hydrogen-bond donors (Lipinski definition) is 2. The van der Waals surface area contributed by atoms with Crippen molar-refractivity contribution in [1.82, 2.24) is 9.88 Å². The molecule has 2 N–H and O–H groups in total. The predicted molar refractivity (Wildman–Crippen MR) is 87.0 cm³/mol. The minimum atomic E-state index is -5.42. The minimum absolute atomic E-state index is 0.142. The van der Waals surface area contributed by atoms with Crippen LogP contribution in [0.3, 0.4) is 0 Å². The van der Waals surface area contributed by atoms with Crippen LogP contribution in [-0.4, -0.2) is 38.0 Å². The predicted octanol–water partition coefficient (Wildman–Crippen LogP) is 2.20. The van der Waals surface area contributed by atoms with E-state index in [0.29, 0.717) is 0 Å². The van der Waals surface area contributed by atoms with Crippen LogP contribution in [0.15, 0.2) is 45.8 Å². The van der Waals surface area contributed by atoms with Crippen molar-refractivity contribution in [3.8, 4) is 0 Å². The molecule has 0 bridgehead atoms. The van der Waals surface area contributed by atoms with Crippen molar-refractivity contribution in [2.75, 3.05) is 11.9 Å². The van der Waals surface area contributed by atoms with Gasteiger partial charge in [0, 0.05) is 6.07 Å². The first-order valence-electron chi connectivity index (χ1n) is 7.56. The molecule has 1 aromatic carbocycles. The number of nitrogens with zero attached hydrogens (tertiary/aromatic N) is 1. The monoisotopic (exact) mass is 407 g/mol. The largest absolute Gasteiger partial charge is 0.463 e. The molecule has 2 rings (SSSR count). The zero-order valence-electron chi connectivity index (χ0n) is 14.2. The van der Waals surface area contributed by atoms with Crippen LogP contribution in [0.2, 0.25) is 0 Å². The number of aryl methyl sites for hydroxylation is 1. The molecule has 0 fully saturated rings. The number of carbonyl (C=O) groups is 1. The summed E-state index contributed by atoms with van der Waals surface area (Å²) < 4.78 is 77.3. The summed E-state index contributed by atoms with van der Waals surface area (Å²) in [6.07, 6.45) is -5.42. The van der Waals surface area contributed by atoms with E-state index in [9.17, 15) is 26.4 Å². The van der Waals surface area contributed by atoms with Crippen LogP contribution in [-0.2, 0) is 19.6 Å². The molecule has 0 spiro atoms. The van der Waals surface area contributed by atoms with Crippen LogP contribution in [0.1, 0.15) is 12.7 Å². The van der Waals surface area contributed by atoms with E-state index in [2.05, 4.69) is 14.4 Å². The van der Waals surface area contributed by atoms with Crippen LogP contribution in [0.25, 0.3) is 0 Å². The molecular weight excluding hydrogens is 391 g/mol. The maximum absolute atomic E-state index is 13.9. The molecular formula is C15H16F3N3O5S. The van der Waals surface area contributed by atoms with Gasteiger partial charge in [-0.3, -0.25) is 0 Å². The fraction of sp³-hybridized carbons (Fsp3) is 0.333. The minimum Gasteiger partial charge on any atom is -0.463 e. The van der Waals surface area contributed by atoms with E-state index in [1.165, 1.54) is 36.8 Å². The number of nitrogens with one attached hydrogen (secondary N) is 2. The van der Waals surface area contributed by atoms with Crippen molar-refractivity contribution >= 4 is 21.8 Å². The van der Waals surface area contributed by atoms with Crippen LogP contribution in [0.5, 0.6) is 0 Å². The number of carbonyl (C=O) groups excluding carboxylic acids is 1. The smallest absolute Gasteiger partial charge is 0.437 e. The Morgan fingerprint density at radius 3 is 2.37 bits per heavy atom. The summed E-state index contributed by atoms with van der Waals surface area (Å²) in [7, 11) is -4.77. The molecule has 0 amide bonds. The normalized spacial score (nSPS) is 14.4. The highest BCUT2D eigenvalue weighted by molar-refractivity contribution is 7.89. The maximum atomic E-state index is 13.9. The molecule has 0 saturated heterocycles. The number of halogens is 3. The van der Waals surface area contributed by atoms with Gasteiger partial charge in [0.2, 0.25) is 10.0 Å². The van der Waals surface area contributed by atoms with E-state index in [4.69, 9.17) is 0 Å². The van der Waals surface area contributed by atoms with Crippen molar-refractivity contribution < 1.29 is 35.6 Å². The third-order valence-electron chi connectivity index (χ3n) is 3.29. The quantitative estimate of drug-likeness (QED) is 0.535. The Balaban J connectivity index is 2.57. The summed E-state index contributed by atoms with van der Waals surface area (Å²) in [5, 5.41) is 5.10. The topological polar surface area (TPSA) is 111 Å². The molecule has 1 aromatic heterocycles. The third kappa shape index (κ3) is 4.39. The molecule has 27 heavy (non-hydrogen) atoms. The van der Waals surface area contributed by atoms with Crippen molar-refractivity contribution in [1.29, 1.82) is 0 Å². The summed E-state index contributed by atoms with van der Waals surface area (Å²) in [5.74, 6) is -2.25. The zero-order chi connectivity index (χ0) is 20.3. The summed E-state index contributed by atoms with van der Waals surface area (Å²) >= 11 is 0. The lowest BCUT2D eigenvalue weighted by molar-refractivity contribution is -0.202. The Morgan fingerprint density at radius 2 is 1.89 bits per heavy atom. The molecule has 0 aliphatic heterocycles. The van der Waals surface area contributed by atoms with E-state index in [-0.39, 0.29) is 5.76 Å². The molecule has 1 heterocycles. The Labute approximate surface area is 152 Å². The van der Waals surface area contributed by atoms with Gasteiger partial charge in [0.1, 0.15) is 5.76 Å². The first-order chi connectivity index (χ1) is 12.5. The van der Waals surface area contributed by atoms with Gasteiger partial charge in [0.05, 0.1) is 11.5 Å². The first-order valence-corrected chi connectivity index (χ1v) is 9.04. The lowest BCUT2D eigenvalue weighted by atomic mass is 10.1. The van der Waals surface area contributed by atoms with E-state index < -0.39 is 45.2 Å². The van der Waals surface area contributed by atoms with Gasteiger partial charge in [-0.05, 0) is 26.0 Å². The number of benzene rings is 1. The highest BCUT2D eigenvalue weighted by atomic mass is 32.2. The highest BCUT2D eigenvalue weighted by Gasteiger charge is 2.65. The second-order valence-electron chi connectivity index (χ2n) is 5.33. The maximum Gasteiger partial charge on any atom is 0.437 e. The van der Waals surface area contributed by atoms with Gasteiger partial charge in [-0.25, -0.2) is 13.2 Å². The lowest BCUT2D eigenvalue weighted by Crippen LogP contribution is -2.69. The van der Waals surface area contributed by atoms with Gasteiger partial charge in [-0.2, -0.15) is 17.9 Å². The van der Waals surface area contributed by atoms with Crippen LogP contribution in [0, 0.1) is 6.92 Å². The lowest BCUT2D eigenvalue weighted by Gasteiger charge is -2.34. The molecule has 0 unspecified atom stereocenters. The van der Waals surface area contributed by atoms with Gasteiger partial charge >= 0.3 is 12.1 Å². The zero-order valence-corrected chi connectivity index (χ0v) is 15.0. The number of rotatable bonds is 7. The second kappa shape index (κ2) is 7.56. The molecule has 0 saturated carbocycles. The van der Waals surface area contributed by atoms with Gasteiger partial charge < -0.3 is 14.6 Å². The second-order valence-corrected chi connectivity index (χ2v) is 7.02.